The van der Waals surface area contributed by atoms with E-state index >= 15 is 0 Å². The molecule has 0 spiro atoms. The molecule has 0 aliphatic rings. The topological polar surface area (TPSA) is 151 Å². The number of amides is 1. The van der Waals surface area contributed by atoms with Crippen molar-refractivity contribution in [3.05, 3.63) is 146 Å². The average molecular weight is 676 g/mol. The number of benzene rings is 3. The fourth-order valence-corrected chi connectivity index (χ4v) is 5.26. The SMILES string of the molecule is Cn1cc(-c2cc(Oc3cccc(N)c3)ccn2)cn1.Cn1cc(-c2cc(Oc3cccc(NC(=O)c4ccc5[nH]ccc5c4)c3)ccn2)cn1. The molecule has 5 heterocycles. The van der Waals surface area contributed by atoms with Crippen LogP contribution >= 0.6 is 0 Å². The van der Waals surface area contributed by atoms with Gasteiger partial charge in [0.25, 0.3) is 5.91 Å². The Morgan fingerprint density at radius 1 is 0.706 bits per heavy atom. The Bertz CT molecular complexity index is 2450. The van der Waals surface area contributed by atoms with Crippen LogP contribution in [0.4, 0.5) is 11.4 Å². The second kappa shape index (κ2) is 14.5. The molecule has 3 aromatic carbocycles. The molecule has 1 amide bonds. The number of fused-ring (bicyclic) bond motifs is 1. The van der Waals surface area contributed by atoms with Crippen molar-refractivity contribution in [2.75, 3.05) is 11.1 Å². The molecule has 0 saturated carbocycles. The summed E-state index contributed by atoms with van der Waals surface area (Å²) in [4.78, 5) is 24.5. The summed E-state index contributed by atoms with van der Waals surface area (Å²) in [6.07, 6.45) is 12.6. The molecule has 8 aromatic rings. The van der Waals surface area contributed by atoms with Gasteiger partial charge >= 0.3 is 0 Å². The lowest BCUT2D eigenvalue weighted by Gasteiger charge is -2.10. The fourth-order valence-electron chi connectivity index (χ4n) is 5.26. The highest BCUT2D eigenvalue weighted by Crippen LogP contribution is 2.28. The van der Waals surface area contributed by atoms with Gasteiger partial charge in [-0.15, -0.1) is 0 Å². The van der Waals surface area contributed by atoms with Gasteiger partial charge in [-0.2, -0.15) is 10.2 Å². The van der Waals surface area contributed by atoms with Gasteiger partial charge in [0.15, 0.2) is 0 Å². The van der Waals surface area contributed by atoms with Gasteiger partial charge in [-0.3, -0.25) is 24.1 Å². The van der Waals surface area contributed by atoms with Crippen LogP contribution in [-0.2, 0) is 14.1 Å². The first-order valence-corrected chi connectivity index (χ1v) is 15.9. The maximum absolute atomic E-state index is 12.7. The van der Waals surface area contributed by atoms with Crippen molar-refractivity contribution < 1.29 is 14.3 Å². The molecule has 12 heteroatoms. The normalized spacial score (nSPS) is 10.7. The monoisotopic (exact) mass is 675 g/mol. The third kappa shape index (κ3) is 8.09. The number of aromatic amines is 1. The summed E-state index contributed by atoms with van der Waals surface area (Å²) < 4.78 is 15.2. The zero-order valence-electron chi connectivity index (χ0n) is 27.8. The number of nitrogens with zero attached hydrogens (tertiary/aromatic N) is 6. The van der Waals surface area contributed by atoms with Crippen molar-refractivity contribution in [1.82, 2.24) is 34.5 Å². The standard InChI is InChI=1S/C24H19N5O2.C15H14N4O/c1-29-15-18(14-27-29)23-13-21(8-10-26-23)31-20-4-2-3-19(12-20)28-24(30)17-5-6-22-16(11-17)7-9-25-22;1-19-10-11(9-18-19)15-8-14(5-6-17-15)20-13-4-2-3-12(16)7-13/h2-15,25H,1H3,(H,28,30);2-10H,16H2,1H3. The number of hydrogen-bond donors (Lipinski definition) is 3. The van der Waals surface area contributed by atoms with Crippen molar-refractivity contribution in [3.63, 3.8) is 0 Å². The van der Waals surface area contributed by atoms with E-state index in [4.69, 9.17) is 15.2 Å². The molecule has 4 N–H and O–H groups in total. The predicted molar refractivity (Wildman–Crippen MR) is 197 cm³/mol. The van der Waals surface area contributed by atoms with E-state index in [-0.39, 0.29) is 5.91 Å². The van der Waals surface area contributed by atoms with Crippen LogP contribution in [0.3, 0.4) is 0 Å². The summed E-state index contributed by atoms with van der Waals surface area (Å²) in [5.41, 5.74) is 12.1. The molecule has 51 heavy (non-hydrogen) atoms. The number of pyridine rings is 2. The number of carbonyl (C=O) groups is 1. The van der Waals surface area contributed by atoms with Crippen LogP contribution in [0.25, 0.3) is 33.4 Å². The maximum Gasteiger partial charge on any atom is 0.255 e. The van der Waals surface area contributed by atoms with Crippen molar-refractivity contribution in [1.29, 1.82) is 0 Å². The first-order chi connectivity index (χ1) is 24.8. The second-order valence-corrected chi connectivity index (χ2v) is 11.6. The van der Waals surface area contributed by atoms with Gasteiger partial charge in [0, 0.05) is 108 Å². The zero-order valence-corrected chi connectivity index (χ0v) is 27.8. The zero-order chi connectivity index (χ0) is 35.2. The molecular weight excluding hydrogens is 642 g/mol. The molecule has 0 unspecified atom stereocenters. The molecule has 12 nitrogen and oxygen atoms in total. The Kier molecular flexibility index (Phi) is 9.20. The number of nitrogens with two attached hydrogens (primary N) is 1. The van der Waals surface area contributed by atoms with E-state index in [0.29, 0.717) is 39.9 Å². The van der Waals surface area contributed by atoms with E-state index in [1.807, 2.05) is 105 Å². The Morgan fingerprint density at radius 2 is 1.31 bits per heavy atom. The third-order valence-electron chi connectivity index (χ3n) is 7.70. The van der Waals surface area contributed by atoms with Crippen LogP contribution in [0.1, 0.15) is 10.4 Å². The first kappa shape index (κ1) is 32.3. The summed E-state index contributed by atoms with van der Waals surface area (Å²) in [5.74, 6) is 2.50. The minimum absolute atomic E-state index is 0.178. The number of H-pyrrole nitrogens is 1. The van der Waals surface area contributed by atoms with Crippen molar-refractivity contribution in [2.45, 2.75) is 0 Å². The van der Waals surface area contributed by atoms with Gasteiger partial charge in [0.05, 0.1) is 23.8 Å². The van der Waals surface area contributed by atoms with Crippen LogP contribution in [-0.4, -0.2) is 40.4 Å². The Labute approximate surface area is 293 Å². The number of anilines is 2. The molecule has 0 atom stereocenters. The lowest BCUT2D eigenvalue weighted by molar-refractivity contribution is 0.102. The van der Waals surface area contributed by atoms with Crippen LogP contribution in [0.15, 0.2) is 140 Å². The van der Waals surface area contributed by atoms with Gasteiger partial charge in [-0.1, -0.05) is 12.1 Å². The lowest BCUT2D eigenvalue weighted by Crippen LogP contribution is -2.11. The van der Waals surface area contributed by atoms with Crippen LogP contribution in [0.5, 0.6) is 23.0 Å². The van der Waals surface area contributed by atoms with Crippen LogP contribution in [0, 0.1) is 0 Å². The minimum atomic E-state index is -0.178. The molecule has 0 radical (unpaired) electrons. The molecule has 0 saturated heterocycles. The molecule has 0 fully saturated rings. The largest absolute Gasteiger partial charge is 0.457 e. The highest BCUT2D eigenvalue weighted by molar-refractivity contribution is 6.06. The number of aryl methyl sites for hydroxylation is 2. The number of rotatable bonds is 8. The maximum atomic E-state index is 12.7. The number of hydrogen-bond acceptors (Lipinski definition) is 8. The van der Waals surface area contributed by atoms with E-state index in [1.165, 1.54) is 0 Å². The number of nitrogen functional groups attached to an aromatic ring is 1. The fraction of sp³-hybridized carbons (Fsp3) is 0.0513. The smallest absolute Gasteiger partial charge is 0.255 e. The van der Waals surface area contributed by atoms with E-state index in [2.05, 4.69) is 30.5 Å². The Balaban J connectivity index is 0.000000175. The van der Waals surface area contributed by atoms with Crippen LogP contribution in [0.2, 0.25) is 0 Å². The van der Waals surface area contributed by atoms with Crippen molar-refractivity contribution in [3.8, 4) is 45.5 Å². The number of carbonyl (C=O) groups excluding carboxylic acids is 1. The summed E-state index contributed by atoms with van der Waals surface area (Å²) in [7, 11) is 3.73. The van der Waals surface area contributed by atoms with E-state index < -0.39 is 0 Å². The van der Waals surface area contributed by atoms with Gasteiger partial charge in [0.2, 0.25) is 0 Å². The first-order valence-electron chi connectivity index (χ1n) is 15.9. The molecule has 0 bridgehead atoms. The van der Waals surface area contributed by atoms with Crippen molar-refractivity contribution >= 4 is 28.2 Å². The lowest BCUT2D eigenvalue weighted by atomic mass is 10.1. The highest BCUT2D eigenvalue weighted by atomic mass is 16.5. The number of ether oxygens (including phenoxy) is 2. The highest BCUT2D eigenvalue weighted by Gasteiger charge is 2.10. The van der Waals surface area contributed by atoms with Gasteiger partial charge < -0.3 is 25.5 Å². The summed E-state index contributed by atoms with van der Waals surface area (Å²) in [6.45, 7) is 0. The molecule has 0 aliphatic heterocycles. The van der Waals surface area contributed by atoms with E-state index in [0.717, 1.165) is 33.4 Å². The Hall–Kier alpha value is -7.21. The minimum Gasteiger partial charge on any atom is -0.457 e. The van der Waals surface area contributed by atoms with Gasteiger partial charge in [-0.05, 0) is 60.7 Å². The summed E-state index contributed by atoms with van der Waals surface area (Å²) >= 11 is 0. The Morgan fingerprint density at radius 3 is 1.92 bits per heavy atom. The van der Waals surface area contributed by atoms with Crippen LogP contribution < -0.4 is 20.5 Å². The molecule has 0 aliphatic carbocycles. The molecule has 252 valence electrons. The quantitative estimate of drug-likeness (QED) is 0.138. The summed E-state index contributed by atoms with van der Waals surface area (Å²) in [5, 5.41) is 12.2. The number of nitrogens with one attached hydrogen (secondary N) is 2. The number of aromatic nitrogens is 7. The van der Waals surface area contributed by atoms with Crippen molar-refractivity contribution in [2.24, 2.45) is 14.1 Å². The summed E-state index contributed by atoms with van der Waals surface area (Å²) in [6, 6.07) is 29.4. The second-order valence-electron chi connectivity index (χ2n) is 11.6. The molecular formula is C39H33N9O3. The predicted octanol–water partition coefficient (Wildman–Crippen LogP) is 7.86. The molecule has 5 aromatic heterocycles. The van der Waals surface area contributed by atoms with Gasteiger partial charge in [0.1, 0.15) is 23.0 Å². The third-order valence-corrected chi connectivity index (χ3v) is 7.70. The van der Waals surface area contributed by atoms with E-state index in [1.54, 1.807) is 58.4 Å². The average Bonchev–Trinajstić information content (AvgIpc) is 3.90. The van der Waals surface area contributed by atoms with Gasteiger partial charge in [-0.25, -0.2) is 0 Å². The molecule has 8 rings (SSSR count). The van der Waals surface area contributed by atoms with E-state index in [9.17, 15) is 4.79 Å².